The molecule has 1 N–H and O–H groups in total. The van der Waals surface area contributed by atoms with Gasteiger partial charge in [0.15, 0.2) is 0 Å². The number of nitrogens with one attached hydrogen (secondary N) is 1. The Kier molecular flexibility index (Phi) is 6.36. The minimum absolute atomic E-state index is 0. The number of carbonyl (C=O) groups excluding carboxylic acids is 1. The van der Waals surface area contributed by atoms with Crippen molar-refractivity contribution in [1.82, 2.24) is 10.2 Å². The van der Waals surface area contributed by atoms with E-state index in [9.17, 15) is 13.6 Å². The summed E-state index contributed by atoms with van der Waals surface area (Å²) in [5.74, 6) is -1.88. The van der Waals surface area contributed by atoms with Crippen LogP contribution in [0.4, 0.5) is 8.78 Å². The van der Waals surface area contributed by atoms with Crippen LogP contribution in [0.1, 0.15) is 16.8 Å². The molecule has 1 fully saturated rings. The second-order valence-electron chi connectivity index (χ2n) is 4.71. The molecule has 0 aromatic heterocycles. The summed E-state index contributed by atoms with van der Waals surface area (Å²) in [6.45, 7) is 1.88. The molecular formula is C13H16BrClF2N2O. The molecule has 1 heterocycles. The number of benzene rings is 1. The molecule has 0 aliphatic carbocycles. The highest BCUT2D eigenvalue weighted by Gasteiger charge is 2.29. The Morgan fingerprint density at radius 2 is 2.05 bits per heavy atom. The van der Waals surface area contributed by atoms with Crippen molar-refractivity contribution in [3.8, 4) is 0 Å². The van der Waals surface area contributed by atoms with Crippen molar-refractivity contribution in [2.75, 3.05) is 26.7 Å². The third-order valence-corrected chi connectivity index (χ3v) is 3.74. The van der Waals surface area contributed by atoms with Crippen LogP contribution in [0, 0.1) is 17.6 Å². The molecule has 1 amide bonds. The summed E-state index contributed by atoms with van der Waals surface area (Å²) in [4.78, 5) is 13.7. The molecule has 20 heavy (non-hydrogen) atoms. The fourth-order valence-corrected chi connectivity index (χ4v) is 2.78. The standard InChI is InChI=1S/C13H15BrF2N2O.ClH/c1-17-6-8-2-3-18(7-8)13(19)12-10(15)4-9(14)5-11(12)16;/h4-5,8,17H,2-3,6-7H2,1H3;1H. The van der Waals surface area contributed by atoms with Gasteiger partial charge in [-0.2, -0.15) is 0 Å². The van der Waals surface area contributed by atoms with Gasteiger partial charge in [-0.05, 0) is 38.1 Å². The minimum atomic E-state index is -0.825. The third-order valence-electron chi connectivity index (χ3n) is 3.29. The van der Waals surface area contributed by atoms with Gasteiger partial charge >= 0.3 is 0 Å². The Bertz CT molecular complexity index is 478. The van der Waals surface area contributed by atoms with E-state index in [1.54, 1.807) is 0 Å². The maximum atomic E-state index is 13.7. The molecule has 1 aliphatic rings. The first-order valence-electron chi connectivity index (χ1n) is 6.11. The van der Waals surface area contributed by atoms with Crippen molar-refractivity contribution in [1.29, 1.82) is 0 Å². The Morgan fingerprint density at radius 1 is 1.45 bits per heavy atom. The number of amides is 1. The molecular weight excluding hydrogens is 354 g/mol. The maximum absolute atomic E-state index is 13.7. The second-order valence-corrected chi connectivity index (χ2v) is 5.62. The van der Waals surface area contributed by atoms with Crippen LogP contribution in [0.15, 0.2) is 16.6 Å². The van der Waals surface area contributed by atoms with Gasteiger partial charge in [-0.15, -0.1) is 12.4 Å². The van der Waals surface area contributed by atoms with Crippen LogP contribution in [-0.4, -0.2) is 37.5 Å². The van der Waals surface area contributed by atoms with Gasteiger partial charge in [0.05, 0.1) is 0 Å². The molecule has 1 unspecified atom stereocenters. The van der Waals surface area contributed by atoms with Crippen LogP contribution in [0.25, 0.3) is 0 Å². The number of rotatable bonds is 3. The van der Waals surface area contributed by atoms with Crippen LogP contribution in [0.3, 0.4) is 0 Å². The lowest BCUT2D eigenvalue weighted by molar-refractivity contribution is 0.0777. The van der Waals surface area contributed by atoms with Crippen molar-refractivity contribution < 1.29 is 13.6 Å². The van der Waals surface area contributed by atoms with Crippen molar-refractivity contribution in [3.05, 3.63) is 33.8 Å². The number of likely N-dealkylation sites (tertiary alicyclic amines) is 1. The number of nitrogens with zero attached hydrogens (tertiary/aromatic N) is 1. The second kappa shape index (κ2) is 7.33. The lowest BCUT2D eigenvalue weighted by Gasteiger charge is -2.17. The summed E-state index contributed by atoms with van der Waals surface area (Å²) in [6, 6.07) is 2.22. The van der Waals surface area contributed by atoms with E-state index in [1.165, 1.54) is 4.90 Å². The molecule has 0 radical (unpaired) electrons. The lowest BCUT2D eigenvalue weighted by atomic mass is 10.1. The van der Waals surface area contributed by atoms with Crippen LogP contribution in [0.2, 0.25) is 0 Å². The van der Waals surface area contributed by atoms with E-state index in [2.05, 4.69) is 21.2 Å². The first-order valence-corrected chi connectivity index (χ1v) is 6.90. The highest BCUT2D eigenvalue weighted by molar-refractivity contribution is 9.10. The third kappa shape index (κ3) is 3.68. The Hall–Kier alpha value is -0.720. The summed E-state index contributed by atoms with van der Waals surface area (Å²) in [7, 11) is 1.85. The molecule has 112 valence electrons. The summed E-state index contributed by atoms with van der Waals surface area (Å²) in [5.41, 5.74) is -0.465. The van der Waals surface area contributed by atoms with E-state index in [0.717, 1.165) is 25.1 Å². The molecule has 7 heteroatoms. The SMILES string of the molecule is CNCC1CCN(C(=O)c2c(F)cc(Br)cc2F)C1.Cl. The zero-order valence-electron chi connectivity index (χ0n) is 11.0. The van der Waals surface area contributed by atoms with Gasteiger partial charge in [0.1, 0.15) is 17.2 Å². The van der Waals surface area contributed by atoms with E-state index in [4.69, 9.17) is 0 Å². The summed E-state index contributed by atoms with van der Waals surface area (Å²) >= 11 is 3.00. The van der Waals surface area contributed by atoms with E-state index in [-0.39, 0.29) is 16.9 Å². The van der Waals surface area contributed by atoms with Gasteiger partial charge in [0, 0.05) is 17.6 Å². The Morgan fingerprint density at radius 3 is 2.60 bits per heavy atom. The van der Waals surface area contributed by atoms with Gasteiger partial charge in [-0.3, -0.25) is 4.79 Å². The first kappa shape index (κ1) is 17.3. The van der Waals surface area contributed by atoms with Crippen LogP contribution in [-0.2, 0) is 0 Å². The van der Waals surface area contributed by atoms with Crippen molar-refractivity contribution >= 4 is 34.2 Å². The van der Waals surface area contributed by atoms with Crippen molar-refractivity contribution in [2.24, 2.45) is 5.92 Å². The highest BCUT2D eigenvalue weighted by Crippen LogP contribution is 2.24. The fourth-order valence-electron chi connectivity index (χ4n) is 2.38. The Labute approximate surface area is 131 Å². The lowest BCUT2D eigenvalue weighted by Crippen LogP contribution is -2.31. The monoisotopic (exact) mass is 368 g/mol. The number of halogens is 4. The largest absolute Gasteiger partial charge is 0.338 e. The molecule has 0 bridgehead atoms. The average Bonchev–Trinajstić information content (AvgIpc) is 2.76. The number of hydrogen-bond donors (Lipinski definition) is 1. The smallest absolute Gasteiger partial charge is 0.259 e. The van der Waals surface area contributed by atoms with Crippen LogP contribution >= 0.6 is 28.3 Å². The van der Waals surface area contributed by atoms with E-state index < -0.39 is 23.1 Å². The number of carbonyl (C=O) groups is 1. The van der Waals surface area contributed by atoms with Crippen molar-refractivity contribution in [3.63, 3.8) is 0 Å². The van der Waals surface area contributed by atoms with Gasteiger partial charge < -0.3 is 10.2 Å². The predicted octanol–water partition coefficient (Wildman–Crippen LogP) is 2.83. The van der Waals surface area contributed by atoms with Crippen LogP contribution in [0.5, 0.6) is 0 Å². The molecule has 1 aromatic carbocycles. The van der Waals surface area contributed by atoms with Crippen molar-refractivity contribution in [2.45, 2.75) is 6.42 Å². The molecule has 1 aliphatic heterocycles. The first-order chi connectivity index (χ1) is 9.02. The molecule has 2 rings (SSSR count). The molecule has 0 spiro atoms. The van der Waals surface area contributed by atoms with Gasteiger partial charge in [0.2, 0.25) is 0 Å². The van der Waals surface area contributed by atoms with Gasteiger partial charge in [0.25, 0.3) is 5.91 Å². The fraction of sp³-hybridized carbons (Fsp3) is 0.462. The summed E-state index contributed by atoms with van der Waals surface area (Å²) < 4.78 is 27.7. The molecule has 0 saturated carbocycles. The molecule has 1 atom stereocenters. The molecule has 1 aromatic rings. The summed E-state index contributed by atoms with van der Waals surface area (Å²) in [6.07, 6.45) is 0.854. The van der Waals surface area contributed by atoms with Gasteiger partial charge in [-0.1, -0.05) is 15.9 Å². The van der Waals surface area contributed by atoms with E-state index in [0.29, 0.717) is 19.0 Å². The predicted molar refractivity (Wildman–Crippen MR) is 79.2 cm³/mol. The highest BCUT2D eigenvalue weighted by atomic mass is 79.9. The van der Waals surface area contributed by atoms with E-state index in [1.807, 2.05) is 7.05 Å². The maximum Gasteiger partial charge on any atom is 0.259 e. The normalized spacial score (nSPS) is 18.0. The minimum Gasteiger partial charge on any atom is -0.338 e. The summed E-state index contributed by atoms with van der Waals surface area (Å²) in [5, 5.41) is 3.05. The topological polar surface area (TPSA) is 32.3 Å². The van der Waals surface area contributed by atoms with Gasteiger partial charge in [-0.25, -0.2) is 8.78 Å². The quantitative estimate of drug-likeness (QED) is 0.888. The molecule has 3 nitrogen and oxygen atoms in total. The number of hydrogen-bond acceptors (Lipinski definition) is 2. The average molecular weight is 370 g/mol. The van der Waals surface area contributed by atoms with E-state index >= 15 is 0 Å². The zero-order valence-corrected chi connectivity index (χ0v) is 13.4. The molecule has 1 saturated heterocycles. The van der Waals surface area contributed by atoms with Crippen LogP contribution < -0.4 is 5.32 Å². The Balaban J connectivity index is 0.00000200. The zero-order chi connectivity index (χ0) is 14.0.